The second kappa shape index (κ2) is 9.71. The lowest BCUT2D eigenvalue weighted by atomic mass is 10.2. The van der Waals surface area contributed by atoms with E-state index in [0.717, 1.165) is 31.1 Å². The number of amides is 1. The number of alkyl halides is 3. The summed E-state index contributed by atoms with van der Waals surface area (Å²) in [5, 5.41) is 2.69. The molecule has 138 valence electrons. The van der Waals surface area contributed by atoms with Crippen LogP contribution in [-0.2, 0) is 14.3 Å². The van der Waals surface area contributed by atoms with Gasteiger partial charge >= 0.3 is 12.3 Å². The molecule has 1 amide bonds. The Labute approximate surface area is 143 Å². The molecule has 5 nitrogen and oxygen atoms in total. The molecule has 1 rings (SSSR count). The van der Waals surface area contributed by atoms with E-state index in [2.05, 4.69) is 10.1 Å². The second-order valence-corrected chi connectivity index (χ2v) is 5.32. The fraction of sp³-hybridized carbons (Fsp3) is 0.412. The molecule has 0 aliphatic carbocycles. The lowest BCUT2D eigenvalue weighted by Crippen LogP contribution is -2.35. The highest BCUT2D eigenvalue weighted by Gasteiger charge is 2.30. The molecule has 1 aromatic rings. The molecule has 0 saturated heterocycles. The van der Waals surface area contributed by atoms with Gasteiger partial charge in [0.1, 0.15) is 5.75 Å². The minimum atomic E-state index is -4.75. The summed E-state index contributed by atoms with van der Waals surface area (Å²) in [7, 11) is 0. The Kier molecular flexibility index (Phi) is 7.97. The van der Waals surface area contributed by atoms with Crippen LogP contribution >= 0.6 is 0 Å². The van der Waals surface area contributed by atoms with Gasteiger partial charge in [-0.15, -0.1) is 13.2 Å². The third kappa shape index (κ3) is 9.39. The Bertz CT molecular complexity index is 597. The zero-order valence-electron chi connectivity index (χ0n) is 13.9. The van der Waals surface area contributed by atoms with Crippen LogP contribution in [-0.4, -0.2) is 30.9 Å². The molecule has 1 aromatic carbocycles. The Morgan fingerprint density at radius 3 is 2.44 bits per heavy atom. The van der Waals surface area contributed by atoms with Crippen LogP contribution < -0.4 is 10.1 Å². The number of benzene rings is 1. The molecular formula is C17H20F3NO4. The molecule has 25 heavy (non-hydrogen) atoms. The van der Waals surface area contributed by atoms with Crippen molar-refractivity contribution in [2.45, 2.75) is 39.1 Å². The highest BCUT2D eigenvalue weighted by atomic mass is 19.4. The van der Waals surface area contributed by atoms with Crippen LogP contribution in [0.4, 0.5) is 13.2 Å². The van der Waals surface area contributed by atoms with Crippen molar-refractivity contribution < 1.29 is 32.2 Å². The maximum atomic E-state index is 12.0. The molecule has 1 atom stereocenters. The SMILES string of the molecule is CCC[C@H](C)NC(=O)COC(=O)/C=C/c1ccc(OC(F)(F)F)cc1. The van der Waals surface area contributed by atoms with Gasteiger partial charge in [0, 0.05) is 12.1 Å². The van der Waals surface area contributed by atoms with E-state index in [1.54, 1.807) is 0 Å². The van der Waals surface area contributed by atoms with Gasteiger partial charge in [0.2, 0.25) is 0 Å². The molecule has 0 spiro atoms. The largest absolute Gasteiger partial charge is 0.573 e. The summed E-state index contributed by atoms with van der Waals surface area (Å²) in [6.45, 7) is 3.46. The molecular weight excluding hydrogens is 339 g/mol. The van der Waals surface area contributed by atoms with Gasteiger partial charge in [-0.3, -0.25) is 4.79 Å². The Hall–Kier alpha value is -2.51. The molecule has 0 unspecified atom stereocenters. The van der Waals surface area contributed by atoms with Crippen LogP contribution in [0.3, 0.4) is 0 Å². The summed E-state index contributed by atoms with van der Waals surface area (Å²) < 4.78 is 44.6. The monoisotopic (exact) mass is 359 g/mol. The second-order valence-electron chi connectivity index (χ2n) is 5.32. The maximum Gasteiger partial charge on any atom is 0.573 e. The molecule has 0 heterocycles. The molecule has 0 bridgehead atoms. The summed E-state index contributed by atoms with van der Waals surface area (Å²) in [4.78, 5) is 23.1. The standard InChI is InChI=1S/C17H20F3NO4/c1-3-4-12(2)21-15(22)11-24-16(23)10-7-13-5-8-14(9-6-13)25-17(18,19)20/h5-10,12H,3-4,11H2,1-2H3,(H,21,22)/b10-7+/t12-/m0/s1. The smallest absolute Gasteiger partial charge is 0.452 e. The zero-order valence-corrected chi connectivity index (χ0v) is 13.9. The Balaban J connectivity index is 2.42. The van der Waals surface area contributed by atoms with E-state index >= 15 is 0 Å². The van der Waals surface area contributed by atoms with Crippen molar-refractivity contribution in [1.82, 2.24) is 5.32 Å². The first-order valence-electron chi connectivity index (χ1n) is 7.69. The van der Waals surface area contributed by atoms with Gasteiger partial charge < -0.3 is 14.8 Å². The number of ether oxygens (including phenoxy) is 2. The molecule has 0 fully saturated rings. The lowest BCUT2D eigenvalue weighted by Gasteiger charge is -2.12. The van der Waals surface area contributed by atoms with Crippen LogP contribution in [0.1, 0.15) is 32.3 Å². The summed E-state index contributed by atoms with van der Waals surface area (Å²) in [5.74, 6) is -1.48. The molecule has 8 heteroatoms. The number of halogens is 3. The van der Waals surface area contributed by atoms with E-state index in [1.165, 1.54) is 18.2 Å². The summed E-state index contributed by atoms with van der Waals surface area (Å²) in [6.07, 6.45) is -0.555. The molecule has 0 aromatic heterocycles. The van der Waals surface area contributed by atoms with Crippen LogP contribution in [0.2, 0.25) is 0 Å². The Morgan fingerprint density at radius 2 is 1.88 bits per heavy atom. The number of hydrogen-bond donors (Lipinski definition) is 1. The van der Waals surface area contributed by atoms with Crippen LogP contribution in [0.15, 0.2) is 30.3 Å². The highest BCUT2D eigenvalue weighted by Crippen LogP contribution is 2.22. The van der Waals surface area contributed by atoms with Gasteiger partial charge in [-0.1, -0.05) is 25.5 Å². The topological polar surface area (TPSA) is 64.6 Å². The van der Waals surface area contributed by atoms with E-state index in [0.29, 0.717) is 5.56 Å². The summed E-state index contributed by atoms with van der Waals surface area (Å²) >= 11 is 0. The minimum absolute atomic E-state index is 0.00387. The van der Waals surface area contributed by atoms with Gasteiger partial charge in [0.05, 0.1) is 0 Å². The van der Waals surface area contributed by atoms with Crippen molar-refractivity contribution >= 4 is 18.0 Å². The number of nitrogens with one attached hydrogen (secondary N) is 1. The van der Waals surface area contributed by atoms with Gasteiger partial charge in [0.15, 0.2) is 6.61 Å². The van der Waals surface area contributed by atoms with Crippen molar-refractivity contribution in [2.75, 3.05) is 6.61 Å². The summed E-state index contributed by atoms with van der Waals surface area (Å²) in [5.41, 5.74) is 0.479. The number of carbonyl (C=O) groups is 2. The number of hydrogen-bond acceptors (Lipinski definition) is 4. The van der Waals surface area contributed by atoms with E-state index in [9.17, 15) is 22.8 Å². The first-order chi connectivity index (χ1) is 11.7. The maximum absolute atomic E-state index is 12.0. The lowest BCUT2D eigenvalue weighted by molar-refractivity contribution is -0.274. The quantitative estimate of drug-likeness (QED) is 0.570. The fourth-order valence-electron chi connectivity index (χ4n) is 1.95. The predicted molar refractivity (Wildman–Crippen MR) is 85.6 cm³/mol. The number of carbonyl (C=O) groups excluding carboxylic acids is 2. The van der Waals surface area contributed by atoms with E-state index in [1.807, 2.05) is 13.8 Å². The number of rotatable bonds is 8. The minimum Gasteiger partial charge on any atom is -0.452 e. The van der Waals surface area contributed by atoms with Crippen LogP contribution in [0, 0.1) is 0 Å². The first kappa shape index (κ1) is 20.5. The molecule has 0 saturated carbocycles. The number of esters is 1. The van der Waals surface area contributed by atoms with Crippen LogP contribution in [0.5, 0.6) is 5.75 Å². The van der Waals surface area contributed by atoms with Crippen molar-refractivity contribution in [3.63, 3.8) is 0 Å². The van der Waals surface area contributed by atoms with Crippen molar-refractivity contribution in [3.05, 3.63) is 35.9 Å². The van der Waals surface area contributed by atoms with E-state index in [-0.39, 0.29) is 11.8 Å². The highest BCUT2D eigenvalue weighted by molar-refractivity contribution is 5.89. The third-order valence-electron chi connectivity index (χ3n) is 3.00. The van der Waals surface area contributed by atoms with Crippen molar-refractivity contribution in [3.8, 4) is 5.75 Å². The molecule has 0 radical (unpaired) electrons. The normalized spacial score (nSPS) is 12.7. The molecule has 1 N–H and O–H groups in total. The average molecular weight is 359 g/mol. The van der Waals surface area contributed by atoms with E-state index in [4.69, 9.17) is 4.74 Å². The van der Waals surface area contributed by atoms with Gasteiger partial charge in [0.25, 0.3) is 5.91 Å². The van der Waals surface area contributed by atoms with Crippen LogP contribution in [0.25, 0.3) is 6.08 Å². The Morgan fingerprint density at radius 1 is 1.24 bits per heavy atom. The van der Waals surface area contributed by atoms with E-state index < -0.39 is 24.8 Å². The zero-order chi connectivity index (χ0) is 18.9. The van der Waals surface area contributed by atoms with Gasteiger partial charge in [-0.25, -0.2) is 4.79 Å². The fourth-order valence-corrected chi connectivity index (χ4v) is 1.95. The average Bonchev–Trinajstić information content (AvgIpc) is 2.51. The summed E-state index contributed by atoms with van der Waals surface area (Å²) in [6, 6.07) is 4.96. The molecule has 0 aliphatic heterocycles. The molecule has 0 aliphatic rings. The third-order valence-corrected chi connectivity index (χ3v) is 3.00. The predicted octanol–water partition coefficient (Wildman–Crippen LogP) is 3.45. The van der Waals surface area contributed by atoms with Crippen molar-refractivity contribution in [1.29, 1.82) is 0 Å². The van der Waals surface area contributed by atoms with Gasteiger partial charge in [-0.05, 0) is 37.1 Å². The first-order valence-corrected chi connectivity index (χ1v) is 7.69. The van der Waals surface area contributed by atoms with Crippen molar-refractivity contribution in [2.24, 2.45) is 0 Å². The van der Waals surface area contributed by atoms with Gasteiger partial charge in [-0.2, -0.15) is 0 Å².